The lowest BCUT2D eigenvalue weighted by Gasteiger charge is -2.12. The maximum atomic E-state index is 11.6. The third-order valence-electron chi connectivity index (χ3n) is 2.71. The van der Waals surface area contributed by atoms with Crippen LogP contribution in [0.3, 0.4) is 0 Å². The molecule has 6 heteroatoms. The third-order valence-corrected chi connectivity index (χ3v) is 2.71. The van der Waals surface area contributed by atoms with Crippen molar-refractivity contribution < 1.29 is 19.8 Å². The molecule has 0 radical (unpaired) electrons. The Kier molecular flexibility index (Phi) is 5.32. The minimum atomic E-state index is -1.46. The molecule has 0 heterocycles. The van der Waals surface area contributed by atoms with Gasteiger partial charge in [0.15, 0.2) is 6.10 Å². The molecular formula is C13H18N2O4. The Hall–Kier alpha value is -2.08. The first-order chi connectivity index (χ1) is 8.91. The molecule has 1 aromatic rings. The summed E-state index contributed by atoms with van der Waals surface area (Å²) in [5, 5.41) is 22.7. The number of aliphatic hydroxyl groups is 1. The van der Waals surface area contributed by atoms with Gasteiger partial charge < -0.3 is 20.8 Å². The summed E-state index contributed by atoms with van der Waals surface area (Å²) in [6.45, 7) is 3.86. The van der Waals surface area contributed by atoms with Crippen LogP contribution in [0, 0.1) is 13.8 Å². The highest BCUT2D eigenvalue weighted by Gasteiger charge is 2.13. The molecule has 0 fully saturated rings. The first-order valence-corrected chi connectivity index (χ1v) is 5.93. The highest BCUT2D eigenvalue weighted by molar-refractivity contribution is 5.91. The number of aryl methyl sites for hydroxylation is 2. The Morgan fingerprint density at radius 2 is 1.84 bits per heavy atom. The minimum Gasteiger partial charge on any atom is -0.479 e. The smallest absolute Gasteiger partial charge is 0.332 e. The Morgan fingerprint density at radius 3 is 2.37 bits per heavy atom. The van der Waals surface area contributed by atoms with E-state index in [0.29, 0.717) is 0 Å². The number of urea groups is 1. The summed E-state index contributed by atoms with van der Waals surface area (Å²) in [6, 6.07) is 5.25. The molecule has 0 spiro atoms. The van der Waals surface area contributed by atoms with E-state index in [1.54, 1.807) is 0 Å². The molecule has 104 valence electrons. The second kappa shape index (κ2) is 6.75. The molecule has 6 nitrogen and oxygen atoms in total. The summed E-state index contributed by atoms with van der Waals surface area (Å²) in [7, 11) is 0. The molecule has 0 saturated carbocycles. The van der Waals surface area contributed by atoms with Gasteiger partial charge in [-0.15, -0.1) is 0 Å². The molecule has 0 aliphatic carbocycles. The van der Waals surface area contributed by atoms with E-state index in [0.717, 1.165) is 16.8 Å². The highest BCUT2D eigenvalue weighted by Crippen LogP contribution is 2.18. The molecule has 2 amide bonds. The van der Waals surface area contributed by atoms with Crippen LogP contribution in [0.15, 0.2) is 18.2 Å². The van der Waals surface area contributed by atoms with Crippen LogP contribution in [0.1, 0.15) is 17.5 Å². The number of carbonyl (C=O) groups is 2. The molecule has 4 N–H and O–H groups in total. The fourth-order valence-corrected chi connectivity index (χ4v) is 1.62. The third kappa shape index (κ3) is 4.59. The van der Waals surface area contributed by atoms with Gasteiger partial charge in [0.1, 0.15) is 0 Å². The first kappa shape index (κ1) is 15.0. The maximum absolute atomic E-state index is 11.6. The molecule has 1 atom stereocenters. The van der Waals surface area contributed by atoms with Crippen LogP contribution in [-0.4, -0.2) is 34.9 Å². The van der Waals surface area contributed by atoms with Gasteiger partial charge in [-0.3, -0.25) is 0 Å². The first-order valence-electron chi connectivity index (χ1n) is 5.93. The van der Waals surface area contributed by atoms with Crippen LogP contribution < -0.4 is 10.6 Å². The van der Waals surface area contributed by atoms with Crippen molar-refractivity contribution >= 4 is 17.7 Å². The van der Waals surface area contributed by atoms with Gasteiger partial charge in [0.25, 0.3) is 0 Å². The van der Waals surface area contributed by atoms with E-state index in [9.17, 15) is 9.59 Å². The van der Waals surface area contributed by atoms with Crippen molar-refractivity contribution in [2.45, 2.75) is 26.4 Å². The standard InChI is InChI=1S/C13H18N2O4/c1-8-4-3-5-9(2)11(8)15-13(19)14-7-6-10(16)12(17)18/h3-5,10,16H,6-7H2,1-2H3,(H,17,18)(H2,14,15,19). The molecule has 19 heavy (non-hydrogen) atoms. The second-order valence-electron chi connectivity index (χ2n) is 4.29. The number of para-hydroxylation sites is 1. The van der Waals surface area contributed by atoms with Crippen molar-refractivity contribution in [1.29, 1.82) is 0 Å². The van der Waals surface area contributed by atoms with Gasteiger partial charge in [0, 0.05) is 18.7 Å². The molecular weight excluding hydrogens is 248 g/mol. The van der Waals surface area contributed by atoms with Gasteiger partial charge in [0.2, 0.25) is 0 Å². The number of carbonyl (C=O) groups excluding carboxylic acids is 1. The van der Waals surface area contributed by atoms with E-state index in [1.165, 1.54) is 0 Å². The number of rotatable bonds is 5. The highest BCUT2D eigenvalue weighted by atomic mass is 16.4. The number of amides is 2. The summed E-state index contributed by atoms with van der Waals surface area (Å²) in [4.78, 5) is 22.0. The van der Waals surface area contributed by atoms with Crippen LogP contribution in [0.25, 0.3) is 0 Å². The summed E-state index contributed by atoms with van der Waals surface area (Å²) < 4.78 is 0. The molecule has 0 aromatic heterocycles. The van der Waals surface area contributed by atoms with Crippen molar-refractivity contribution in [2.75, 3.05) is 11.9 Å². The number of hydrogen-bond acceptors (Lipinski definition) is 3. The van der Waals surface area contributed by atoms with Gasteiger partial charge >= 0.3 is 12.0 Å². The molecule has 0 aliphatic heterocycles. The zero-order chi connectivity index (χ0) is 14.4. The van der Waals surface area contributed by atoms with Crippen molar-refractivity contribution in [1.82, 2.24) is 5.32 Å². The van der Waals surface area contributed by atoms with Crippen LogP contribution in [0.4, 0.5) is 10.5 Å². The number of aliphatic hydroxyl groups excluding tert-OH is 1. The second-order valence-corrected chi connectivity index (χ2v) is 4.29. The Balaban J connectivity index is 2.46. The van der Waals surface area contributed by atoms with Crippen molar-refractivity contribution in [3.05, 3.63) is 29.3 Å². The number of carboxylic acids is 1. The monoisotopic (exact) mass is 266 g/mol. The van der Waals surface area contributed by atoms with Gasteiger partial charge in [-0.1, -0.05) is 18.2 Å². The number of benzene rings is 1. The van der Waals surface area contributed by atoms with E-state index in [1.807, 2.05) is 32.0 Å². The molecule has 1 rings (SSSR count). The average molecular weight is 266 g/mol. The summed E-state index contributed by atoms with van der Waals surface area (Å²) in [5.74, 6) is -1.29. The SMILES string of the molecule is Cc1cccc(C)c1NC(=O)NCCC(O)C(=O)O. The Labute approximate surface area is 111 Å². The molecule has 0 bridgehead atoms. The lowest BCUT2D eigenvalue weighted by molar-refractivity contribution is -0.146. The van der Waals surface area contributed by atoms with Gasteiger partial charge in [0.05, 0.1) is 0 Å². The maximum Gasteiger partial charge on any atom is 0.332 e. The molecule has 1 unspecified atom stereocenters. The summed E-state index contributed by atoms with van der Waals surface area (Å²) >= 11 is 0. The normalized spacial score (nSPS) is 11.7. The van der Waals surface area contributed by atoms with Gasteiger partial charge in [-0.2, -0.15) is 0 Å². The van der Waals surface area contributed by atoms with E-state index in [-0.39, 0.29) is 13.0 Å². The fourth-order valence-electron chi connectivity index (χ4n) is 1.62. The Morgan fingerprint density at radius 1 is 1.26 bits per heavy atom. The number of hydrogen-bond donors (Lipinski definition) is 4. The predicted octanol–water partition coefficient (Wildman–Crippen LogP) is 1.26. The predicted molar refractivity (Wildman–Crippen MR) is 71.2 cm³/mol. The Bertz CT molecular complexity index is 453. The molecule has 1 aromatic carbocycles. The number of nitrogens with one attached hydrogen (secondary N) is 2. The molecule has 0 saturated heterocycles. The van der Waals surface area contributed by atoms with Crippen molar-refractivity contribution in [3.63, 3.8) is 0 Å². The van der Waals surface area contributed by atoms with E-state index in [4.69, 9.17) is 10.2 Å². The van der Waals surface area contributed by atoms with Crippen molar-refractivity contribution in [3.8, 4) is 0 Å². The van der Waals surface area contributed by atoms with Crippen molar-refractivity contribution in [2.24, 2.45) is 0 Å². The topological polar surface area (TPSA) is 98.7 Å². The van der Waals surface area contributed by atoms with E-state index < -0.39 is 18.1 Å². The largest absolute Gasteiger partial charge is 0.479 e. The zero-order valence-corrected chi connectivity index (χ0v) is 10.9. The van der Waals surface area contributed by atoms with E-state index in [2.05, 4.69) is 10.6 Å². The molecule has 0 aliphatic rings. The van der Waals surface area contributed by atoms with Crippen LogP contribution in [-0.2, 0) is 4.79 Å². The number of aliphatic carboxylic acids is 1. The summed E-state index contributed by atoms with van der Waals surface area (Å²) in [6.07, 6.45) is -1.49. The van der Waals surface area contributed by atoms with Crippen LogP contribution >= 0.6 is 0 Å². The van der Waals surface area contributed by atoms with Crippen LogP contribution in [0.5, 0.6) is 0 Å². The lowest BCUT2D eigenvalue weighted by atomic mass is 10.1. The minimum absolute atomic E-state index is 0.0322. The lowest BCUT2D eigenvalue weighted by Crippen LogP contribution is -2.33. The summed E-state index contributed by atoms with van der Waals surface area (Å²) in [5.41, 5.74) is 2.63. The number of carboxylic acid groups (broad SMARTS) is 1. The van der Waals surface area contributed by atoms with Gasteiger partial charge in [-0.05, 0) is 25.0 Å². The average Bonchev–Trinajstić information content (AvgIpc) is 2.33. The quantitative estimate of drug-likeness (QED) is 0.644. The van der Waals surface area contributed by atoms with Crippen LogP contribution in [0.2, 0.25) is 0 Å². The number of anilines is 1. The van der Waals surface area contributed by atoms with E-state index >= 15 is 0 Å². The fraction of sp³-hybridized carbons (Fsp3) is 0.385. The van der Waals surface area contributed by atoms with Gasteiger partial charge in [-0.25, -0.2) is 9.59 Å². The zero-order valence-electron chi connectivity index (χ0n) is 10.9.